The van der Waals surface area contributed by atoms with Crippen molar-refractivity contribution < 1.29 is 0 Å². The Kier molecular flexibility index (Phi) is 3.24. The van der Waals surface area contributed by atoms with Gasteiger partial charge in [0.2, 0.25) is 0 Å². The smallest absolute Gasteiger partial charge is 0.188 e. The molecule has 3 rings (SSSR count). The summed E-state index contributed by atoms with van der Waals surface area (Å²) in [5.74, 6) is 1.23. The molecule has 0 saturated carbocycles. The maximum Gasteiger partial charge on any atom is 0.188 e. The van der Waals surface area contributed by atoms with Crippen LogP contribution in [0.1, 0.15) is 11.4 Å². The van der Waals surface area contributed by atoms with Gasteiger partial charge in [-0.15, -0.1) is 0 Å². The molecule has 0 spiro atoms. The Morgan fingerprint density at radius 1 is 0.842 bits per heavy atom. The molecule has 0 N–H and O–H groups in total. The minimum Gasteiger partial charge on any atom is -0.253 e. The third-order valence-corrected chi connectivity index (χ3v) is 3.31. The number of pyridine rings is 2. The van der Waals surface area contributed by atoms with E-state index in [4.69, 9.17) is 0 Å². The molecule has 6 heteroatoms. The summed E-state index contributed by atoms with van der Waals surface area (Å²) in [6, 6.07) is 11.3. The molecule has 0 amide bonds. The first-order valence-electron chi connectivity index (χ1n) is 5.71. The zero-order chi connectivity index (χ0) is 13.1. The summed E-state index contributed by atoms with van der Waals surface area (Å²) in [5.41, 5.74) is 1.51. The van der Waals surface area contributed by atoms with E-state index < -0.39 is 10.9 Å². The topological polar surface area (TPSA) is 62.9 Å². The Morgan fingerprint density at radius 2 is 1.47 bits per heavy atom. The van der Waals surface area contributed by atoms with Crippen LogP contribution < -0.4 is 0 Å². The van der Waals surface area contributed by atoms with Crippen molar-refractivity contribution in [3.63, 3.8) is 0 Å². The van der Waals surface area contributed by atoms with E-state index in [2.05, 4.69) is 23.7 Å². The molecule has 94 valence electrons. The molecule has 0 radical (unpaired) electrons. The highest BCUT2D eigenvalue weighted by molar-refractivity contribution is 7.85. The van der Waals surface area contributed by atoms with Gasteiger partial charge in [0, 0.05) is 29.5 Å². The molecule has 5 nitrogen and oxygen atoms in total. The van der Waals surface area contributed by atoms with Crippen LogP contribution in [0.25, 0.3) is 0 Å². The van der Waals surface area contributed by atoms with E-state index >= 15 is 0 Å². The molecule has 3 heterocycles. The molecule has 0 bridgehead atoms. The predicted molar refractivity (Wildman–Crippen MR) is 77.3 cm³/mol. The van der Waals surface area contributed by atoms with Crippen LogP contribution in [-0.4, -0.2) is 27.9 Å². The second-order valence-electron chi connectivity index (χ2n) is 3.82. The lowest BCUT2D eigenvalue weighted by Gasteiger charge is -2.08. The molecule has 0 aliphatic carbocycles. The minimum atomic E-state index is -0.449. The lowest BCUT2D eigenvalue weighted by atomic mass is 10.3. The highest BCUT2D eigenvalue weighted by atomic mass is 32.2. The molecule has 2 aromatic heterocycles. The quantitative estimate of drug-likeness (QED) is 0.837. The SMILES string of the molecule is CS1=NC(c2ccccn2)=NC(c2ccccn2)=N1. The van der Waals surface area contributed by atoms with Crippen LogP contribution in [0.4, 0.5) is 0 Å². The minimum absolute atomic E-state index is 0.449. The Labute approximate surface area is 113 Å². The second-order valence-corrected chi connectivity index (χ2v) is 5.08. The van der Waals surface area contributed by atoms with E-state index in [1.807, 2.05) is 42.7 Å². The molecule has 1 unspecified atom stereocenters. The van der Waals surface area contributed by atoms with E-state index in [-0.39, 0.29) is 0 Å². The van der Waals surface area contributed by atoms with Gasteiger partial charge in [-0.25, -0.2) is 4.99 Å². The van der Waals surface area contributed by atoms with Gasteiger partial charge in [-0.05, 0) is 24.3 Å². The number of nitrogens with zero attached hydrogens (tertiary/aromatic N) is 5. The van der Waals surface area contributed by atoms with Gasteiger partial charge in [-0.2, -0.15) is 8.76 Å². The molecule has 0 fully saturated rings. The average molecular weight is 269 g/mol. The standard InChI is InChI=1S/C13H11N5S/c1-19-17-12(10-6-2-4-8-14-10)16-13(18-19)11-7-3-5-9-15-11/h2-9H,1H3. The third-order valence-electron chi connectivity index (χ3n) is 2.44. The van der Waals surface area contributed by atoms with Gasteiger partial charge in [0.1, 0.15) is 11.4 Å². The van der Waals surface area contributed by atoms with Gasteiger partial charge in [0.25, 0.3) is 0 Å². The number of aromatic nitrogens is 2. The summed E-state index contributed by atoms with van der Waals surface area (Å²) in [7, 11) is -0.449. The number of rotatable bonds is 2. The second kappa shape index (κ2) is 5.19. The zero-order valence-electron chi connectivity index (χ0n) is 10.3. The van der Waals surface area contributed by atoms with Crippen molar-refractivity contribution in [1.29, 1.82) is 0 Å². The number of amidine groups is 2. The highest BCUT2D eigenvalue weighted by Gasteiger charge is 2.13. The maximum absolute atomic E-state index is 4.45. The van der Waals surface area contributed by atoms with Crippen LogP contribution >= 0.6 is 0 Å². The first-order chi connectivity index (χ1) is 9.33. The van der Waals surface area contributed by atoms with Crippen molar-refractivity contribution in [3.05, 3.63) is 60.2 Å². The van der Waals surface area contributed by atoms with Gasteiger partial charge in [0.05, 0.1) is 0 Å². The number of hydrogen-bond acceptors (Lipinski definition) is 5. The van der Waals surface area contributed by atoms with E-state index in [1.54, 1.807) is 12.4 Å². The number of aliphatic imine (C=N–C) groups is 1. The molecular formula is C13H11N5S. The lowest BCUT2D eigenvalue weighted by molar-refractivity contribution is 1.25. The van der Waals surface area contributed by atoms with E-state index in [0.717, 1.165) is 11.4 Å². The third kappa shape index (κ3) is 2.63. The molecule has 1 aliphatic rings. The molecule has 2 aromatic rings. The van der Waals surface area contributed by atoms with Crippen LogP contribution in [0.2, 0.25) is 0 Å². The molecule has 1 aliphatic heterocycles. The Bertz CT molecular complexity index is 636. The van der Waals surface area contributed by atoms with E-state index in [9.17, 15) is 0 Å². The van der Waals surface area contributed by atoms with Crippen molar-refractivity contribution >= 4 is 22.5 Å². The van der Waals surface area contributed by atoms with Crippen molar-refractivity contribution in [1.82, 2.24) is 9.97 Å². The Morgan fingerprint density at radius 3 is 2.05 bits per heavy atom. The Balaban J connectivity index is 2.05. The fourth-order valence-electron chi connectivity index (χ4n) is 1.61. The van der Waals surface area contributed by atoms with Crippen molar-refractivity contribution in [2.75, 3.05) is 6.26 Å². The van der Waals surface area contributed by atoms with E-state index in [0.29, 0.717) is 11.7 Å². The first kappa shape index (κ1) is 11.9. The summed E-state index contributed by atoms with van der Waals surface area (Å²) >= 11 is 0. The predicted octanol–water partition coefficient (Wildman–Crippen LogP) is 2.03. The fraction of sp³-hybridized carbons (Fsp3) is 0.0769. The van der Waals surface area contributed by atoms with Gasteiger partial charge >= 0.3 is 0 Å². The van der Waals surface area contributed by atoms with Gasteiger partial charge in [-0.3, -0.25) is 9.97 Å². The van der Waals surface area contributed by atoms with Crippen LogP contribution in [0.15, 0.2) is 62.5 Å². The normalized spacial score (nSPS) is 18.3. The number of hydrogen-bond donors (Lipinski definition) is 0. The van der Waals surface area contributed by atoms with Gasteiger partial charge in [-0.1, -0.05) is 12.1 Å². The molecule has 19 heavy (non-hydrogen) atoms. The summed E-state index contributed by atoms with van der Waals surface area (Å²) in [6.45, 7) is 0. The monoisotopic (exact) mass is 269 g/mol. The molecule has 1 atom stereocenters. The van der Waals surface area contributed by atoms with Crippen LogP contribution in [0.3, 0.4) is 0 Å². The lowest BCUT2D eigenvalue weighted by Crippen LogP contribution is -2.12. The van der Waals surface area contributed by atoms with Gasteiger partial charge in [0.15, 0.2) is 11.7 Å². The van der Waals surface area contributed by atoms with Crippen LogP contribution in [-0.2, 0) is 10.9 Å². The van der Waals surface area contributed by atoms with Crippen molar-refractivity contribution in [2.45, 2.75) is 0 Å². The highest BCUT2D eigenvalue weighted by Crippen LogP contribution is 2.10. The van der Waals surface area contributed by atoms with E-state index in [1.165, 1.54) is 0 Å². The van der Waals surface area contributed by atoms with Gasteiger partial charge < -0.3 is 0 Å². The first-order valence-corrected chi connectivity index (χ1v) is 7.26. The average Bonchev–Trinajstić information content (AvgIpc) is 2.48. The molecular weight excluding hydrogens is 258 g/mol. The largest absolute Gasteiger partial charge is 0.253 e. The van der Waals surface area contributed by atoms with Crippen molar-refractivity contribution in [2.24, 2.45) is 13.8 Å². The summed E-state index contributed by atoms with van der Waals surface area (Å²) in [5, 5.41) is 0. The molecule has 0 saturated heterocycles. The summed E-state index contributed by atoms with van der Waals surface area (Å²) in [4.78, 5) is 13.0. The Hall–Kier alpha value is -2.21. The molecule has 0 aromatic carbocycles. The fourth-order valence-corrected chi connectivity index (χ4v) is 2.42. The zero-order valence-corrected chi connectivity index (χ0v) is 11.1. The maximum atomic E-state index is 4.45. The summed E-state index contributed by atoms with van der Waals surface area (Å²) in [6.07, 6.45) is 5.40. The summed E-state index contributed by atoms with van der Waals surface area (Å²) < 4.78 is 8.86. The van der Waals surface area contributed by atoms with Crippen LogP contribution in [0.5, 0.6) is 0 Å². The van der Waals surface area contributed by atoms with Crippen molar-refractivity contribution in [3.8, 4) is 0 Å². The van der Waals surface area contributed by atoms with Crippen LogP contribution in [0, 0.1) is 0 Å².